The standard InChI is InChI=1S/C21H22N6O3.Ca/c1-30-15-4-2-3-13-9-14(25-16(13)15)17-18-19(22)23-10-24-27(18)20(26-17)11-5-7-12(8-6-11)21(28)29;/h2-4,9-12H,5-8H2,1H3,(H4,22,23,24,25,28,29);/q;+2/p-2. The van der Waals surface area contributed by atoms with Crippen molar-refractivity contribution in [1.82, 2.24) is 24.6 Å². The molecule has 0 amide bonds. The van der Waals surface area contributed by atoms with E-state index in [2.05, 4.69) is 10.1 Å². The summed E-state index contributed by atoms with van der Waals surface area (Å²) in [5, 5.41) is 16.5. The Bertz CT molecular complexity index is 1260. The zero-order valence-corrected chi connectivity index (χ0v) is 19.3. The van der Waals surface area contributed by atoms with Gasteiger partial charge in [-0.2, -0.15) is 5.10 Å². The van der Waals surface area contributed by atoms with E-state index in [4.69, 9.17) is 20.4 Å². The molecule has 0 bridgehead atoms. The molecule has 0 spiro atoms. The molecule has 1 aromatic carbocycles. The minimum Gasteiger partial charge on any atom is -0.653 e. The summed E-state index contributed by atoms with van der Waals surface area (Å²) in [6, 6.07) is 7.69. The van der Waals surface area contributed by atoms with Crippen molar-refractivity contribution in [3.05, 3.63) is 36.4 Å². The van der Waals surface area contributed by atoms with Gasteiger partial charge in [0.25, 0.3) is 0 Å². The molecule has 1 saturated carbocycles. The van der Waals surface area contributed by atoms with Crippen molar-refractivity contribution in [3.63, 3.8) is 0 Å². The van der Waals surface area contributed by atoms with Gasteiger partial charge in [0, 0.05) is 11.9 Å². The largest absolute Gasteiger partial charge is 2.00 e. The van der Waals surface area contributed by atoms with Crippen molar-refractivity contribution < 1.29 is 14.6 Å². The maximum atomic E-state index is 11.2. The molecular weight excluding hydrogens is 424 g/mol. The Kier molecular flexibility index (Phi) is 6.09. The van der Waals surface area contributed by atoms with Crippen LogP contribution in [-0.4, -0.2) is 70.4 Å². The second kappa shape index (κ2) is 8.64. The number of nitrogens with two attached hydrogens (primary N) is 1. The monoisotopic (exact) mass is 444 g/mol. The van der Waals surface area contributed by atoms with E-state index in [0.29, 0.717) is 54.2 Å². The van der Waals surface area contributed by atoms with E-state index in [1.807, 2.05) is 24.3 Å². The average molecular weight is 445 g/mol. The second-order valence-corrected chi connectivity index (χ2v) is 7.63. The Balaban J connectivity index is 0.00000231. The first-order valence-electron chi connectivity index (χ1n) is 9.87. The molecule has 0 radical (unpaired) electrons. The minimum absolute atomic E-state index is 0. The van der Waals surface area contributed by atoms with Gasteiger partial charge >= 0.3 is 37.7 Å². The van der Waals surface area contributed by atoms with Crippen molar-refractivity contribution in [2.24, 2.45) is 5.92 Å². The molecule has 0 saturated heterocycles. The Morgan fingerprint density at radius 2 is 2.06 bits per heavy atom. The van der Waals surface area contributed by atoms with Crippen LogP contribution in [0.1, 0.15) is 37.4 Å². The number of carboxylic acids is 1. The Morgan fingerprint density at radius 1 is 1.29 bits per heavy atom. The number of imidazole rings is 1. The number of nitrogens with zero attached hydrogens (tertiary/aromatic N) is 5. The molecule has 154 valence electrons. The molecule has 9 nitrogen and oxygen atoms in total. The Morgan fingerprint density at radius 3 is 2.77 bits per heavy atom. The predicted octanol–water partition coefficient (Wildman–Crippen LogP) is 1.14. The van der Waals surface area contributed by atoms with Gasteiger partial charge in [-0.15, -0.1) is 5.69 Å². The van der Waals surface area contributed by atoms with E-state index in [1.54, 1.807) is 11.6 Å². The van der Waals surface area contributed by atoms with Gasteiger partial charge in [-0.1, -0.05) is 23.7 Å². The molecule has 5 rings (SSSR count). The van der Waals surface area contributed by atoms with Crippen LogP contribution in [0.25, 0.3) is 27.8 Å². The number of fused-ring (bicyclic) bond motifs is 2. The number of ether oxygens (including phenoxy) is 1. The first kappa shape index (κ1) is 21.9. The van der Waals surface area contributed by atoms with Gasteiger partial charge in [0.2, 0.25) is 0 Å². The van der Waals surface area contributed by atoms with Gasteiger partial charge in [0.15, 0.2) is 5.82 Å². The summed E-state index contributed by atoms with van der Waals surface area (Å²) in [7, 11) is 1.61. The summed E-state index contributed by atoms with van der Waals surface area (Å²) in [4.78, 5) is 25.0. The van der Waals surface area contributed by atoms with Crippen LogP contribution in [0, 0.1) is 5.92 Å². The fourth-order valence-electron chi connectivity index (χ4n) is 4.37. The quantitative estimate of drug-likeness (QED) is 0.463. The summed E-state index contributed by atoms with van der Waals surface area (Å²) in [5.41, 5.74) is 8.84. The number of aromatic nitrogens is 5. The van der Waals surface area contributed by atoms with E-state index in [0.717, 1.165) is 16.7 Å². The number of benzene rings is 1. The topological polar surface area (TPSA) is 133 Å². The second-order valence-electron chi connectivity index (χ2n) is 7.63. The van der Waals surface area contributed by atoms with Gasteiger partial charge < -0.3 is 25.4 Å². The number of para-hydroxylation sites is 1. The van der Waals surface area contributed by atoms with Crippen LogP contribution >= 0.6 is 0 Å². The smallest absolute Gasteiger partial charge is 0.653 e. The molecule has 1 aliphatic rings. The zero-order valence-electron chi connectivity index (χ0n) is 17.1. The normalized spacial score (nSPS) is 18.7. The van der Waals surface area contributed by atoms with Crippen LogP contribution in [-0.2, 0) is 4.79 Å². The summed E-state index contributed by atoms with van der Waals surface area (Å²) >= 11 is 0. The molecule has 3 aromatic heterocycles. The molecule has 1 aliphatic carbocycles. The zero-order chi connectivity index (χ0) is 20.8. The fourth-order valence-corrected chi connectivity index (χ4v) is 4.37. The van der Waals surface area contributed by atoms with Gasteiger partial charge in [-0.25, -0.2) is 14.5 Å². The number of nitrogen functional groups attached to an aromatic ring is 1. The first-order chi connectivity index (χ1) is 14.6. The fraction of sp³-hybridized carbons (Fsp3) is 0.333. The molecule has 31 heavy (non-hydrogen) atoms. The summed E-state index contributed by atoms with van der Waals surface area (Å²) < 4.78 is 7.15. The number of carboxylic acid groups (broad SMARTS) is 1. The van der Waals surface area contributed by atoms with E-state index in [1.165, 1.54) is 6.33 Å². The maximum Gasteiger partial charge on any atom is 2.00 e. The van der Waals surface area contributed by atoms with Crippen molar-refractivity contribution in [2.75, 3.05) is 12.8 Å². The van der Waals surface area contributed by atoms with Crippen LogP contribution in [0.4, 0.5) is 5.82 Å². The van der Waals surface area contributed by atoms with Crippen LogP contribution in [0.15, 0.2) is 30.6 Å². The summed E-state index contributed by atoms with van der Waals surface area (Å²) in [6.45, 7) is 0. The number of hydrogen-bond acceptors (Lipinski definition) is 7. The number of hydrogen-bond donors (Lipinski definition) is 1. The van der Waals surface area contributed by atoms with E-state index < -0.39 is 11.9 Å². The number of methoxy groups -OCH3 is 1. The molecule has 2 N–H and O–H groups in total. The third kappa shape index (κ3) is 3.75. The van der Waals surface area contributed by atoms with Crippen molar-refractivity contribution >= 4 is 65.9 Å². The Labute approximate surface area is 208 Å². The van der Waals surface area contributed by atoms with Gasteiger partial charge in [0.1, 0.15) is 23.4 Å². The van der Waals surface area contributed by atoms with Crippen molar-refractivity contribution in [2.45, 2.75) is 31.6 Å². The average Bonchev–Trinajstić information content (AvgIpc) is 3.36. The van der Waals surface area contributed by atoms with Crippen LogP contribution in [0.5, 0.6) is 5.75 Å². The maximum absolute atomic E-state index is 11.2. The molecule has 0 unspecified atom stereocenters. The molecule has 0 aliphatic heterocycles. The van der Waals surface area contributed by atoms with Crippen LogP contribution in [0.3, 0.4) is 0 Å². The molecule has 0 atom stereocenters. The Hall–Kier alpha value is -2.36. The summed E-state index contributed by atoms with van der Waals surface area (Å²) in [6.07, 6.45) is 3.93. The minimum atomic E-state index is -0.977. The van der Waals surface area contributed by atoms with E-state index in [-0.39, 0.29) is 43.7 Å². The molecule has 3 heterocycles. The SMILES string of the molecule is COc1cccc2cc(-c3nc(C4CCC(C(=O)[O-])CC4)n4ncnc(N)c34)[n-]c12.[Ca+2]. The first-order valence-corrected chi connectivity index (χ1v) is 9.87. The summed E-state index contributed by atoms with van der Waals surface area (Å²) in [5.74, 6) is 0.463. The van der Waals surface area contributed by atoms with Crippen molar-refractivity contribution in [1.29, 1.82) is 0 Å². The molecular formula is C21H20CaN6O3. The van der Waals surface area contributed by atoms with Gasteiger partial charge in [-0.05, 0) is 43.1 Å². The predicted molar refractivity (Wildman–Crippen MR) is 113 cm³/mol. The molecule has 10 heteroatoms. The number of carbonyl (C=O) groups is 1. The van der Waals surface area contributed by atoms with Crippen LogP contribution in [0.2, 0.25) is 0 Å². The number of carbonyl (C=O) groups excluding carboxylic acids is 1. The van der Waals surface area contributed by atoms with Gasteiger partial charge in [-0.3, -0.25) is 0 Å². The third-order valence-electron chi connectivity index (χ3n) is 5.93. The number of anilines is 1. The van der Waals surface area contributed by atoms with E-state index >= 15 is 0 Å². The molecule has 1 fully saturated rings. The van der Waals surface area contributed by atoms with Gasteiger partial charge in [0.05, 0.1) is 12.8 Å². The number of aliphatic carboxylic acids is 1. The van der Waals surface area contributed by atoms with Crippen LogP contribution < -0.4 is 20.6 Å². The number of rotatable bonds is 4. The van der Waals surface area contributed by atoms with Crippen molar-refractivity contribution in [3.8, 4) is 17.1 Å². The van der Waals surface area contributed by atoms with E-state index in [9.17, 15) is 9.90 Å². The third-order valence-corrected chi connectivity index (χ3v) is 5.93. The molecule has 4 aromatic rings.